The van der Waals surface area contributed by atoms with Crippen LogP contribution in [0.4, 0.5) is 0 Å². The van der Waals surface area contributed by atoms with Crippen LogP contribution in [0.3, 0.4) is 0 Å². The molecule has 1 N–H and O–H groups in total. The van der Waals surface area contributed by atoms with E-state index >= 15 is 0 Å². The largest absolute Gasteiger partial charge is 0.356 e. The average Bonchev–Trinajstić information content (AvgIpc) is 3.20. The summed E-state index contributed by atoms with van der Waals surface area (Å²) in [6.45, 7) is 3.01. The van der Waals surface area contributed by atoms with Crippen molar-refractivity contribution in [1.82, 2.24) is 14.8 Å². The van der Waals surface area contributed by atoms with Gasteiger partial charge in [-0.2, -0.15) is 0 Å². The number of benzene rings is 2. The Bertz CT molecular complexity index is 1170. The number of aromatic nitrogens is 1. The van der Waals surface area contributed by atoms with Gasteiger partial charge in [0.05, 0.1) is 12.6 Å². The van der Waals surface area contributed by atoms with E-state index in [0.717, 1.165) is 40.6 Å². The van der Waals surface area contributed by atoms with Crippen LogP contribution in [0.2, 0.25) is 5.02 Å². The number of halogens is 1. The highest BCUT2D eigenvalue weighted by Gasteiger charge is 2.47. The van der Waals surface area contributed by atoms with E-state index in [-0.39, 0.29) is 24.4 Å². The molecule has 2 amide bonds. The molecule has 0 aliphatic carbocycles. The Morgan fingerprint density at radius 3 is 2.55 bits per heavy atom. The van der Waals surface area contributed by atoms with Crippen LogP contribution in [-0.2, 0) is 16.0 Å². The van der Waals surface area contributed by atoms with Crippen molar-refractivity contribution < 1.29 is 9.59 Å². The molecule has 0 bridgehead atoms. The number of nitrogens with zero attached hydrogens (tertiary/aromatic N) is 2. The highest BCUT2D eigenvalue weighted by Crippen LogP contribution is 2.42. The third-order valence-corrected chi connectivity index (χ3v) is 7.31. The van der Waals surface area contributed by atoms with Crippen molar-refractivity contribution in [2.45, 2.75) is 57.5 Å². The van der Waals surface area contributed by atoms with Gasteiger partial charge in [0, 0.05) is 34.6 Å². The van der Waals surface area contributed by atoms with Gasteiger partial charge in [0.2, 0.25) is 11.8 Å². The molecule has 0 saturated carbocycles. The predicted molar refractivity (Wildman–Crippen MR) is 131 cm³/mol. The molecule has 1 saturated heterocycles. The highest BCUT2D eigenvalue weighted by molar-refractivity contribution is 6.30. The van der Waals surface area contributed by atoms with Crippen LogP contribution in [-0.4, -0.2) is 45.7 Å². The van der Waals surface area contributed by atoms with Gasteiger partial charge in [-0.1, -0.05) is 74.5 Å². The van der Waals surface area contributed by atoms with Crippen LogP contribution in [0, 0.1) is 0 Å². The van der Waals surface area contributed by atoms with Gasteiger partial charge in [0.15, 0.2) is 0 Å². The Hall–Kier alpha value is -2.79. The molecule has 2 aliphatic rings. The van der Waals surface area contributed by atoms with Crippen LogP contribution in [0.25, 0.3) is 10.9 Å². The minimum absolute atomic E-state index is 0.0115. The summed E-state index contributed by atoms with van der Waals surface area (Å²) in [7, 11) is 0. The second-order valence-electron chi connectivity index (χ2n) is 9.21. The molecule has 2 aromatic carbocycles. The van der Waals surface area contributed by atoms with E-state index in [1.54, 1.807) is 4.90 Å². The maximum atomic E-state index is 13.6. The number of amides is 2. The molecule has 3 aromatic rings. The SMILES string of the molecule is CCCCCCCN1CC(=O)N2C(Cc3c([nH]c4ccccc34)C2c2ccc(Cl)cc2)C1=O. The third kappa shape index (κ3) is 4.04. The zero-order valence-corrected chi connectivity index (χ0v) is 19.8. The fourth-order valence-electron chi connectivity index (χ4n) is 5.41. The average molecular weight is 464 g/mol. The summed E-state index contributed by atoms with van der Waals surface area (Å²) < 4.78 is 0. The van der Waals surface area contributed by atoms with E-state index in [1.807, 2.05) is 41.3 Å². The molecular formula is C27H30ClN3O2. The number of nitrogens with one attached hydrogen (secondary N) is 1. The molecule has 2 unspecified atom stereocenters. The van der Waals surface area contributed by atoms with E-state index in [9.17, 15) is 9.59 Å². The summed E-state index contributed by atoms with van der Waals surface area (Å²) in [4.78, 5) is 34.3. The van der Waals surface area contributed by atoms with Gasteiger partial charge in [-0.15, -0.1) is 0 Å². The van der Waals surface area contributed by atoms with Gasteiger partial charge in [0.1, 0.15) is 6.04 Å². The molecule has 5 rings (SSSR count). The molecular weight excluding hydrogens is 434 g/mol. The number of hydrogen-bond acceptors (Lipinski definition) is 2. The molecule has 0 spiro atoms. The number of carbonyl (C=O) groups excluding carboxylic acids is 2. The quantitative estimate of drug-likeness (QED) is 0.472. The standard InChI is InChI=1S/C27H30ClN3O2/c1-2-3-4-5-8-15-30-17-24(32)31-23(27(30)33)16-21-20-9-6-7-10-22(20)29-25(21)26(31)18-11-13-19(28)14-12-18/h6-7,9-14,23,26,29H,2-5,8,15-17H2,1H3. The maximum absolute atomic E-state index is 13.6. The number of unbranched alkanes of at least 4 members (excludes halogenated alkanes) is 4. The fourth-order valence-corrected chi connectivity index (χ4v) is 5.54. The van der Waals surface area contributed by atoms with Crippen molar-refractivity contribution in [1.29, 1.82) is 0 Å². The Kier molecular flexibility index (Phi) is 6.15. The number of H-pyrrole nitrogens is 1. The third-order valence-electron chi connectivity index (χ3n) is 7.06. The summed E-state index contributed by atoms with van der Waals surface area (Å²) in [6, 6.07) is 15.0. The van der Waals surface area contributed by atoms with Crippen LogP contribution >= 0.6 is 11.6 Å². The van der Waals surface area contributed by atoms with E-state index in [1.165, 1.54) is 19.3 Å². The van der Waals surface area contributed by atoms with Crippen molar-refractivity contribution in [3.63, 3.8) is 0 Å². The van der Waals surface area contributed by atoms with Gasteiger partial charge in [0.25, 0.3) is 0 Å². The highest BCUT2D eigenvalue weighted by atomic mass is 35.5. The van der Waals surface area contributed by atoms with Crippen molar-refractivity contribution in [3.05, 3.63) is 70.4 Å². The molecule has 172 valence electrons. The lowest BCUT2D eigenvalue weighted by Crippen LogP contribution is -2.63. The molecule has 5 nitrogen and oxygen atoms in total. The van der Waals surface area contributed by atoms with Crippen LogP contribution in [0.15, 0.2) is 48.5 Å². The lowest BCUT2D eigenvalue weighted by atomic mass is 9.86. The lowest BCUT2D eigenvalue weighted by Gasteiger charge is -2.47. The molecule has 6 heteroatoms. The van der Waals surface area contributed by atoms with Crippen molar-refractivity contribution in [2.24, 2.45) is 0 Å². The zero-order valence-electron chi connectivity index (χ0n) is 19.0. The molecule has 2 aliphatic heterocycles. The normalized spacial score (nSPS) is 20.3. The van der Waals surface area contributed by atoms with Crippen LogP contribution in [0.1, 0.15) is 61.9 Å². The number of aromatic amines is 1. The first-order valence-corrected chi connectivity index (χ1v) is 12.4. The van der Waals surface area contributed by atoms with E-state index in [2.05, 4.69) is 24.0 Å². The Morgan fingerprint density at radius 2 is 1.76 bits per heavy atom. The van der Waals surface area contributed by atoms with Gasteiger partial charge in [-0.25, -0.2) is 0 Å². The zero-order chi connectivity index (χ0) is 22.9. The van der Waals surface area contributed by atoms with Gasteiger partial charge < -0.3 is 14.8 Å². The summed E-state index contributed by atoms with van der Waals surface area (Å²) >= 11 is 6.15. The molecule has 3 heterocycles. The van der Waals surface area contributed by atoms with E-state index < -0.39 is 6.04 Å². The van der Waals surface area contributed by atoms with Crippen molar-refractivity contribution in [2.75, 3.05) is 13.1 Å². The number of carbonyl (C=O) groups is 2. The number of fused-ring (bicyclic) bond motifs is 4. The molecule has 33 heavy (non-hydrogen) atoms. The number of rotatable bonds is 7. The van der Waals surface area contributed by atoms with Crippen molar-refractivity contribution >= 4 is 34.3 Å². The molecule has 0 radical (unpaired) electrons. The summed E-state index contributed by atoms with van der Waals surface area (Å²) in [6.07, 6.45) is 6.18. The van der Waals surface area contributed by atoms with Crippen molar-refractivity contribution in [3.8, 4) is 0 Å². The van der Waals surface area contributed by atoms with E-state index in [0.29, 0.717) is 18.0 Å². The number of hydrogen-bond donors (Lipinski definition) is 1. The second-order valence-corrected chi connectivity index (χ2v) is 9.65. The first-order valence-electron chi connectivity index (χ1n) is 12.0. The molecule has 1 fully saturated rings. The first-order chi connectivity index (χ1) is 16.1. The summed E-state index contributed by atoms with van der Waals surface area (Å²) in [5.74, 6) is 0.0809. The second kappa shape index (κ2) is 9.22. The van der Waals surface area contributed by atoms with Crippen LogP contribution in [0.5, 0.6) is 0 Å². The first kappa shape index (κ1) is 22.0. The van der Waals surface area contributed by atoms with E-state index in [4.69, 9.17) is 11.6 Å². The minimum Gasteiger partial charge on any atom is -0.356 e. The Labute approximate surface area is 199 Å². The van der Waals surface area contributed by atoms with Gasteiger partial charge >= 0.3 is 0 Å². The number of piperazine rings is 1. The maximum Gasteiger partial charge on any atom is 0.246 e. The Morgan fingerprint density at radius 1 is 1.00 bits per heavy atom. The topological polar surface area (TPSA) is 56.4 Å². The monoisotopic (exact) mass is 463 g/mol. The Balaban J connectivity index is 1.51. The molecule has 2 atom stereocenters. The minimum atomic E-state index is -0.478. The smallest absolute Gasteiger partial charge is 0.246 e. The van der Waals surface area contributed by atoms with Gasteiger partial charge in [-0.05, 0) is 35.7 Å². The number of para-hydroxylation sites is 1. The summed E-state index contributed by atoms with van der Waals surface area (Å²) in [5.41, 5.74) is 4.14. The lowest BCUT2D eigenvalue weighted by molar-refractivity contribution is -0.158. The molecule has 1 aromatic heterocycles. The fraction of sp³-hybridized carbons (Fsp3) is 0.407. The summed E-state index contributed by atoms with van der Waals surface area (Å²) in [5, 5.41) is 1.78. The van der Waals surface area contributed by atoms with Crippen LogP contribution < -0.4 is 0 Å². The predicted octanol–water partition coefficient (Wildman–Crippen LogP) is 5.48. The van der Waals surface area contributed by atoms with Gasteiger partial charge in [-0.3, -0.25) is 9.59 Å².